The maximum atomic E-state index is 4.69. The first-order valence-corrected chi connectivity index (χ1v) is 19.9. The first-order chi connectivity index (χ1) is 23.3. The van der Waals surface area contributed by atoms with Crippen LogP contribution in [0.15, 0.2) is 114 Å². The quantitative estimate of drug-likeness (QED) is 0.117. The van der Waals surface area contributed by atoms with Crippen LogP contribution >= 0.6 is 0 Å². The number of hydrogen-bond donors (Lipinski definition) is 0. The monoisotopic (exact) mass is 663 g/mol. The van der Waals surface area contributed by atoms with E-state index in [9.17, 15) is 0 Å². The highest BCUT2D eigenvalue weighted by Crippen LogP contribution is 2.43. The average molecular weight is 663 g/mol. The molecule has 0 nitrogen and oxygen atoms in total. The van der Waals surface area contributed by atoms with Crippen LogP contribution in [0.3, 0.4) is 0 Å². The molecule has 2 aromatic rings. The van der Waals surface area contributed by atoms with Gasteiger partial charge in [0.15, 0.2) is 0 Å². The Morgan fingerprint density at radius 1 is 0.857 bits per heavy atom. The van der Waals surface area contributed by atoms with E-state index in [1.165, 1.54) is 108 Å². The van der Waals surface area contributed by atoms with Crippen molar-refractivity contribution in [3.8, 4) is 11.1 Å². The minimum Gasteiger partial charge on any atom is -0.0956 e. The lowest BCUT2D eigenvalue weighted by atomic mass is 9.69. The van der Waals surface area contributed by atoms with E-state index in [1.807, 2.05) is 13.8 Å². The lowest BCUT2D eigenvalue weighted by Crippen LogP contribution is -2.24. The van der Waals surface area contributed by atoms with E-state index in [-0.39, 0.29) is 0 Å². The Balaban J connectivity index is 0.00000409. The van der Waals surface area contributed by atoms with Crippen molar-refractivity contribution in [3.63, 3.8) is 0 Å². The molecule has 0 aromatic heterocycles. The molecule has 0 radical (unpaired) electrons. The van der Waals surface area contributed by atoms with Gasteiger partial charge in [0.05, 0.1) is 0 Å². The van der Waals surface area contributed by atoms with Crippen molar-refractivity contribution in [2.75, 3.05) is 0 Å². The molecule has 0 N–H and O–H groups in total. The summed E-state index contributed by atoms with van der Waals surface area (Å²) in [6, 6.07) is 20.1. The second-order valence-corrected chi connectivity index (χ2v) is 15.9. The molecule has 1 saturated carbocycles. The molecular formula is C49H74. The molecule has 0 aliphatic heterocycles. The summed E-state index contributed by atoms with van der Waals surface area (Å²) >= 11 is 0. The van der Waals surface area contributed by atoms with E-state index in [1.54, 1.807) is 0 Å². The Bertz CT molecular complexity index is 1350. The second kappa shape index (κ2) is 21.4. The van der Waals surface area contributed by atoms with Gasteiger partial charge in [-0.3, -0.25) is 0 Å². The molecule has 1 fully saturated rings. The highest BCUT2D eigenvalue weighted by atomic mass is 14.3. The second-order valence-electron chi connectivity index (χ2n) is 15.9. The SMILES string of the molecule is C=C(C/C(C)=C(C)/C=C1/C[C@@H](C(C)(C)C)CCC1=C)C(=C)[C@H](C)[C@H](CCCCCC(CC)CCC)c1ccc(-c2ccccc2)cc1.CC. The predicted octanol–water partition coefficient (Wildman–Crippen LogP) is 16.0. The molecule has 0 spiro atoms. The van der Waals surface area contributed by atoms with Crippen molar-refractivity contribution in [3.05, 3.63) is 119 Å². The van der Waals surface area contributed by atoms with Crippen LogP contribution in [0.25, 0.3) is 11.1 Å². The highest BCUT2D eigenvalue weighted by molar-refractivity contribution is 5.63. The highest BCUT2D eigenvalue weighted by Gasteiger charge is 2.29. The van der Waals surface area contributed by atoms with Crippen LogP contribution in [0.5, 0.6) is 0 Å². The van der Waals surface area contributed by atoms with Gasteiger partial charge in [-0.2, -0.15) is 0 Å². The van der Waals surface area contributed by atoms with Crippen LogP contribution < -0.4 is 0 Å². The summed E-state index contributed by atoms with van der Waals surface area (Å²) < 4.78 is 0. The zero-order valence-corrected chi connectivity index (χ0v) is 33.7. The maximum Gasteiger partial charge on any atom is -0.00674 e. The van der Waals surface area contributed by atoms with Crippen molar-refractivity contribution >= 4 is 0 Å². The van der Waals surface area contributed by atoms with E-state index in [0.717, 1.165) is 25.2 Å². The Labute approximate surface area is 305 Å². The van der Waals surface area contributed by atoms with Crippen molar-refractivity contribution in [1.82, 2.24) is 0 Å². The molecule has 0 amide bonds. The van der Waals surface area contributed by atoms with Crippen LogP contribution in [0.1, 0.15) is 158 Å². The topological polar surface area (TPSA) is 0 Å². The van der Waals surface area contributed by atoms with Gasteiger partial charge >= 0.3 is 0 Å². The van der Waals surface area contributed by atoms with Gasteiger partial charge in [0.2, 0.25) is 0 Å². The molecule has 0 heteroatoms. The third-order valence-corrected chi connectivity index (χ3v) is 11.4. The molecule has 49 heavy (non-hydrogen) atoms. The molecule has 4 atom stereocenters. The van der Waals surface area contributed by atoms with Gasteiger partial charge in [-0.15, -0.1) is 0 Å². The van der Waals surface area contributed by atoms with Gasteiger partial charge < -0.3 is 0 Å². The van der Waals surface area contributed by atoms with E-state index < -0.39 is 0 Å². The smallest absolute Gasteiger partial charge is 0.00674 e. The van der Waals surface area contributed by atoms with E-state index in [4.69, 9.17) is 6.58 Å². The van der Waals surface area contributed by atoms with Crippen molar-refractivity contribution in [1.29, 1.82) is 0 Å². The number of benzene rings is 2. The van der Waals surface area contributed by atoms with Gasteiger partial charge in [-0.05, 0) is 108 Å². The number of allylic oxidation sites excluding steroid dienone is 7. The molecule has 1 aliphatic carbocycles. The van der Waals surface area contributed by atoms with Gasteiger partial charge in [0.25, 0.3) is 0 Å². The van der Waals surface area contributed by atoms with Crippen LogP contribution in [0, 0.1) is 23.2 Å². The first-order valence-electron chi connectivity index (χ1n) is 19.9. The number of unbranched alkanes of at least 4 members (excludes halogenated alkanes) is 2. The van der Waals surface area contributed by atoms with Crippen molar-refractivity contribution in [2.45, 2.75) is 152 Å². The Hall–Kier alpha value is -2.86. The fraction of sp³-hybridized carbons (Fsp3) is 0.551. The average Bonchev–Trinajstić information content (AvgIpc) is 3.10. The van der Waals surface area contributed by atoms with E-state index >= 15 is 0 Å². The molecule has 0 heterocycles. The third kappa shape index (κ3) is 13.4. The molecule has 0 saturated heterocycles. The molecule has 1 aliphatic rings. The fourth-order valence-electron chi connectivity index (χ4n) is 7.64. The number of hydrogen-bond acceptors (Lipinski definition) is 0. The van der Waals surface area contributed by atoms with Crippen LogP contribution in [-0.4, -0.2) is 0 Å². The molecule has 270 valence electrons. The van der Waals surface area contributed by atoms with Gasteiger partial charge in [-0.1, -0.05) is 197 Å². The summed E-state index contributed by atoms with van der Waals surface area (Å²) in [5.74, 6) is 2.39. The van der Waals surface area contributed by atoms with E-state index in [2.05, 4.69) is 129 Å². The fourth-order valence-corrected chi connectivity index (χ4v) is 7.64. The van der Waals surface area contributed by atoms with Gasteiger partial charge in [-0.25, -0.2) is 0 Å². The normalized spacial score (nSPS) is 18.2. The summed E-state index contributed by atoms with van der Waals surface area (Å²) in [6.07, 6.45) is 17.3. The summed E-state index contributed by atoms with van der Waals surface area (Å²) in [4.78, 5) is 0. The van der Waals surface area contributed by atoms with Gasteiger partial charge in [0, 0.05) is 0 Å². The molecular weight excluding hydrogens is 589 g/mol. The minimum atomic E-state index is 0.333. The van der Waals surface area contributed by atoms with E-state index in [0.29, 0.717) is 23.2 Å². The molecule has 2 aromatic carbocycles. The van der Waals surface area contributed by atoms with Crippen LogP contribution in [0.2, 0.25) is 0 Å². The van der Waals surface area contributed by atoms with Crippen molar-refractivity contribution in [2.24, 2.45) is 23.2 Å². The predicted molar refractivity (Wildman–Crippen MR) is 222 cm³/mol. The lowest BCUT2D eigenvalue weighted by Gasteiger charge is -2.36. The molecule has 1 unspecified atom stereocenters. The Kier molecular flexibility index (Phi) is 18.5. The Morgan fingerprint density at radius 3 is 2.06 bits per heavy atom. The zero-order chi connectivity index (χ0) is 36.6. The van der Waals surface area contributed by atoms with Crippen molar-refractivity contribution < 1.29 is 0 Å². The third-order valence-electron chi connectivity index (χ3n) is 11.4. The largest absolute Gasteiger partial charge is 0.0956 e. The summed E-state index contributed by atoms with van der Waals surface area (Å²) in [6.45, 7) is 36.5. The molecule has 3 rings (SSSR count). The summed E-state index contributed by atoms with van der Waals surface area (Å²) in [5.41, 5.74) is 12.2. The summed E-state index contributed by atoms with van der Waals surface area (Å²) in [5, 5.41) is 0. The first kappa shape index (κ1) is 42.3. The van der Waals surface area contributed by atoms with Crippen LogP contribution in [0.4, 0.5) is 0 Å². The van der Waals surface area contributed by atoms with Gasteiger partial charge in [0.1, 0.15) is 0 Å². The molecule has 0 bridgehead atoms. The maximum absolute atomic E-state index is 4.69. The zero-order valence-electron chi connectivity index (χ0n) is 33.7. The number of rotatable bonds is 17. The lowest BCUT2D eigenvalue weighted by molar-refractivity contribution is 0.215. The van der Waals surface area contributed by atoms with Crippen LogP contribution in [-0.2, 0) is 0 Å². The Morgan fingerprint density at radius 2 is 1.47 bits per heavy atom. The summed E-state index contributed by atoms with van der Waals surface area (Å²) in [7, 11) is 0. The standard InChI is InChI=1S/C47H68.C2H6/c1-12-20-40(13-2)21-16-14-19-24-46(43-28-26-42(27-29-43)41-22-17-15-18-23-41)39(8)38(7)37(6)31-35(4)36(5)32-44-33-45(47(9,10)11)30-25-34(44)3;1-2/h15,17-18,22-23,26-29,32,39-40,45-46H,3,6-7,12-14,16,19-21,24-25,30-31,33H2,1-2,4-5,8-11H3;1-2H3/b36-35+,44-32-;/t39-,40?,45-,46-;/m0./s1. The minimum absolute atomic E-state index is 0.333.